The molecule has 5 rings (SSSR count). The van der Waals surface area contributed by atoms with Gasteiger partial charge < -0.3 is 9.15 Å². The van der Waals surface area contributed by atoms with Crippen molar-refractivity contribution in [2.24, 2.45) is 0 Å². The van der Waals surface area contributed by atoms with Gasteiger partial charge in [-0.25, -0.2) is 9.97 Å². The summed E-state index contributed by atoms with van der Waals surface area (Å²) in [5.41, 5.74) is 6.05. The summed E-state index contributed by atoms with van der Waals surface area (Å²) in [7, 11) is 0. The SMILES string of the molecule is CCCc1nc2oc3c(ncn4cnnc34)c2c2c1COC(C)(C)C2. The van der Waals surface area contributed by atoms with E-state index in [1.54, 1.807) is 17.1 Å². The maximum absolute atomic E-state index is 6.11. The van der Waals surface area contributed by atoms with Crippen molar-refractivity contribution in [2.45, 2.75) is 52.2 Å². The molecule has 25 heavy (non-hydrogen) atoms. The summed E-state index contributed by atoms with van der Waals surface area (Å²) < 4.78 is 13.9. The van der Waals surface area contributed by atoms with Gasteiger partial charge >= 0.3 is 0 Å². The lowest BCUT2D eigenvalue weighted by Crippen LogP contribution is -2.32. The van der Waals surface area contributed by atoms with E-state index in [1.807, 2.05) is 0 Å². The second-order valence-corrected chi connectivity index (χ2v) is 7.26. The lowest BCUT2D eigenvalue weighted by Gasteiger charge is -2.33. The van der Waals surface area contributed by atoms with Crippen LogP contribution in [-0.2, 0) is 24.2 Å². The number of ether oxygens (including phenoxy) is 1. The molecule has 5 heterocycles. The fraction of sp³-hybridized carbons (Fsp3) is 0.444. The summed E-state index contributed by atoms with van der Waals surface area (Å²) >= 11 is 0. The standard InChI is InChI=1S/C18H19N5O2/c1-4-5-12-11-7-24-18(2,3)6-10(11)13-14-15(25-17(13)21-12)16-22-20-9-23(16)8-19-14/h8-9H,4-7H2,1-3H3. The molecule has 128 valence electrons. The number of aromatic nitrogens is 5. The van der Waals surface area contributed by atoms with Crippen LogP contribution in [0.15, 0.2) is 17.1 Å². The first-order valence-electron chi connectivity index (χ1n) is 8.62. The van der Waals surface area contributed by atoms with Crippen LogP contribution < -0.4 is 0 Å². The average molecular weight is 337 g/mol. The van der Waals surface area contributed by atoms with Gasteiger partial charge in [0.2, 0.25) is 16.9 Å². The largest absolute Gasteiger partial charge is 0.432 e. The van der Waals surface area contributed by atoms with Crippen LogP contribution >= 0.6 is 0 Å². The molecule has 1 aliphatic rings. The van der Waals surface area contributed by atoms with Crippen LogP contribution in [-0.4, -0.2) is 30.2 Å². The molecule has 0 amide bonds. The van der Waals surface area contributed by atoms with Crippen LogP contribution in [0.1, 0.15) is 44.0 Å². The molecule has 0 aromatic carbocycles. The van der Waals surface area contributed by atoms with Crippen molar-refractivity contribution in [1.29, 1.82) is 0 Å². The molecular weight excluding hydrogens is 318 g/mol. The Bertz CT molecular complexity index is 1130. The van der Waals surface area contributed by atoms with E-state index in [0.717, 1.165) is 35.9 Å². The van der Waals surface area contributed by atoms with E-state index in [9.17, 15) is 0 Å². The molecule has 1 aliphatic heterocycles. The first kappa shape index (κ1) is 14.8. The highest BCUT2D eigenvalue weighted by atomic mass is 16.5. The molecule has 0 saturated carbocycles. The van der Waals surface area contributed by atoms with Gasteiger partial charge in [0.25, 0.3) is 0 Å². The van der Waals surface area contributed by atoms with Crippen molar-refractivity contribution in [3.63, 3.8) is 0 Å². The van der Waals surface area contributed by atoms with Crippen LogP contribution in [0.4, 0.5) is 0 Å². The van der Waals surface area contributed by atoms with Crippen LogP contribution in [0.5, 0.6) is 0 Å². The van der Waals surface area contributed by atoms with Gasteiger partial charge in [-0.15, -0.1) is 10.2 Å². The third-order valence-electron chi connectivity index (χ3n) is 4.90. The van der Waals surface area contributed by atoms with E-state index >= 15 is 0 Å². The Balaban J connectivity index is 1.91. The molecule has 0 radical (unpaired) electrons. The van der Waals surface area contributed by atoms with Crippen molar-refractivity contribution in [2.75, 3.05) is 0 Å². The van der Waals surface area contributed by atoms with Gasteiger partial charge in [-0.3, -0.25) is 4.40 Å². The number of aryl methyl sites for hydroxylation is 1. The van der Waals surface area contributed by atoms with Crippen molar-refractivity contribution < 1.29 is 9.15 Å². The summed E-state index contributed by atoms with van der Waals surface area (Å²) in [6.45, 7) is 6.98. The number of hydrogen-bond acceptors (Lipinski definition) is 6. The van der Waals surface area contributed by atoms with Gasteiger partial charge in [0.15, 0.2) is 0 Å². The van der Waals surface area contributed by atoms with Gasteiger partial charge in [-0.1, -0.05) is 13.3 Å². The molecule has 0 unspecified atom stereocenters. The molecule has 0 aliphatic carbocycles. The summed E-state index contributed by atoms with van der Waals surface area (Å²) in [5.74, 6) is 0. The van der Waals surface area contributed by atoms with Gasteiger partial charge in [0, 0.05) is 12.0 Å². The Labute approximate surface area is 144 Å². The van der Waals surface area contributed by atoms with Gasteiger partial charge in [-0.05, 0) is 25.8 Å². The third-order valence-corrected chi connectivity index (χ3v) is 4.90. The van der Waals surface area contributed by atoms with Gasteiger partial charge in [-0.2, -0.15) is 0 Å². The highest BCUT2D eigenvalue weighted by Gasteiger charge is 2.32. The molecule has 0 N–H and O–H groups in total. The molecular formula is C18H19N5O2. The Kier molecular flexibility index (Phi) is 2.94. The van der Waals surface area contributed by atoms with E-state index in [1.165, 1.54) is 11.1 Å². The number of furan rings is 1. The van der Waals surface area contributed by atoms with Crippen LogP contribution in [0, 0.1) is 0 Å². The highest BCUT2D eigenvalue weighted by molar-refractivity contribution is 6.07. The second kappa shape index (κ2) is 4.98. The molecule has 4 aromatic heterocycles. The predicted molar refractivity (Wildman–Crippen MR) is 92.4 cm³/mol. The Hall–Kier alpha value is -2.54. The van der Waals surface area contributed by atoms with E-state index < -0.39 is 0 Å². The minimum absolute atomic E-state index is 0.215. The quantitative estimate of drug-likeness (QED) is 0.559. The van der Waals surface area contributed by atoms with Crippen LogP contribution in [0.2, 0.25) is 0 Å². The number of pyridine rings is 1. The Morgan fingerprint density at radius 2 is 2.12 bits per heavy atom. The number of fused-ring (bicyclic) bond motifs is 7. The zero-order valence-electron chi connectivity index (χ0n) is 14.5. The van der Waals surface area contributed by atoms with Crippen LogP contribution in [0.3, 0.4) is 0 Å². The zero-order chi connectivity index (χ0) is 17.2. The lowest BCUT2D eigenvalue weighted by atomic mass is 9.88. The Morgan fingerprint density at radius 3 is 2.96 bits per heavy atom. The summed E-state index contributed by atoms with van der Waals surface area (Å²) in [4.78, 5) is 9.42. The summed E-state index contributed by atoms with van der Waals surface area (Å²) in [5, 5.41) is 9.11. The smallest absolute Gasteiger partial charge is 0.229 e. The van der Waals surface area contributed by atoms with Gasteiger partial charge in [0.05, 0.1) is 23.3 Å². The van der Waals surface area contributed by atoms with Crippen molar-refractivity contribution in [3.8, 4) is 0 Å². The maximum Gasteiger partial charge on any atom is 0.229 e. The second-order valence-electron chi connectivity index (χ2n) is 7.26. The molecule has 7 heteroatoms. The predicted octanol–water partition coefficient (Wildman–Crippen LogP) is 3.22. The minimum atomic E-state index is -0.215. The summed E-state index contributed by atoms with van der Waals surface area (Å²) in [6, 6.07) is 0. The van der Waals surface area contributed by atoms with E-state index in [0.29, 0.717) is 23.6 Å². The van der Waals surface area contributed by atoms with E-state index in [4.69, 9.17) is 14.1 Å². The van der Waals surface area contributed by atoms with Gasteiger partial charge in [0.1, 0.15) is 18.2 Å². The first-order valence-corrected chi connectivity index (χ1v) is 8.62. The monoisotopic (exact) mass is 337 g/mol. The zero-order valence-corrected chi connectivity index (χ0v) is 14.5. The van der Waals surface area contributed by atoms with E-state index in [-0.39, 0.29) is 5.60 Å². The maximum atomic E-state index is 6.11. The number of hydrogen-bond donors (Lipinski definition) is 0. The highest BCUT2D eigenvalue weighted by Crippen LogP contribution is 2.38. The topological polar surface area (TPSA) is 78.3 Å². The van der Waals surface area contributed by atoms with Crippen molar-refractivity contribution >= 4 is 27.8 Å². The van der Waals surface area contributed by atoms with Crippen molar-refractivity contribution in [1.82, 2.24) is 24.6 Å². The summed E-state index contributed by atoms with van der Waals surface area (Å²) in [6.07, 6.45) is 6.10. The molecule has 0 spiro atoms. The molecule has 0 fully saturated rings. The number of rotatable bonds is 2. The fourth-order valence-corrected chi connectivity index (χ4v) is 3.71. The van der Waals surface area contributed by atoms with E-state index in [2.05, 4.69) is 36.0 Å². The Morgan fingerprint density at radius 1 is 1.24 bits per heavy atom. The molecule has 0 saturated heterocycles. The normalized spacial score (nSPS) is 16.8. The molecule has 0 atom stereocenters. The first-order chi connectivity index (χ1) is 12.1. The van der Waals surface area contributed by atoms with Crippen LogP contribution in [0.25, 0.3) is 27.8 Å². The minimum Gasteiger partial charge on any atom is -0.432 e. The molecule has 7 nitrogen and oxygen atoms in total. The third kappa shape index (κ3) is 2.08. The molecule has 0 bridgehead atoms. The fourth-order valence-electron chi connectivity index (χ4n) is 3.71. The number of nitrogens with zero attached hydrogens (tertiary/aromatic N) is 5. The molecule has 4 aromatic rings. The lowest BCUT2D eigenvalue weighted by molar-refractivity contribution is -0.0401. The average Bonchev–Trinajstić information content (AvgIpc) is 3.17. The van der Waals surface area contributed by atoms with Crippen molar-refractivity contribution in [3.05, 3.63) is 29.5 Å².